The highest BCUT2D eigenvalue weighted by atomic mass is 79.9. The van der Waals surface area contributed by atoms with E-state index in [9.17, 15) is 0 Å². The van der Waals surface area contributed by atoms with E-state index in [4.69, 9.17) is 10.2 Å². The summed E-state index contributed by atoms with van der Waals surface area (Å²) in [5.74, 6) is 1.05. The van der Waals surface area contributed by atoms with Gasteiger partial charge in [0.05, 0.1) is 0 Å². The van der Waals surface area contributed by atoms with Gasteiger partial charge in [0.25, 0.3) is 0 Å². The Morgan fingerprint density at radius 3 is 2.88 bits per heavy atom. The average Bonchev–Trinajstić information content (AvgIpc) is 2.85. The van der Waals surface area contributed by atoms with Crippen LogP contribution in [-0.4, -0.2) is 5.54 Å². The Morgan fingerprint density at radius 1 is 1.31 bits per heavy atom. The molecule has 1 saturated carbocycles. The van der Waals surface area contributed by atoms with E-state index in [2.05, 4.69) is 28.1 Å². The molecule has 3 rings (SSSR count). The molecule has 2 N–H and O–H groups in total. The lowest BCUT2D eigenvalue weighted by molar-refractivity contribution is 0.507. The van der Waals surface area contributed by atoms with Crippen LogP contribution in [0, 0.1) is 0 Å². The van der Waals surface area contributed by atoms with E-state index in [1.165, 1.54) is 12.8 Å². The van der Waals surface area contributed by atoms with Crippen molar-refractivity contribution in [2.24, 2.45) is 5.73 Å². The van der Waals surface area contributed by atoms with Crippen LogP contribution in [0.25, 0.3) is 11.0 Å². The number of fused-ring (bicyclic) bond motifs is 1. The van der Waals surface area contributed by atoms with Crippen LogP contribution in [-0.2, 0) is 6.42 Å². The molecule has 1 aliphatic carbocycles. The summed E-state index contributed by atoms with van der Waals surface area (Å²) in [4.78, 5) is 0. The first-order valence-corrected chi connectivity index (χ1v) is 6.41. The van der Waals surface area contributed by atoms with Crippen molar-refractivity contribution in [3.8, 4) is 0 Å². The zero-order valence-corrected chi connectivity index (χ0v) is 10.6. The van der Waals surface area contributed by atoms with Crippen molar-refractivity contribution in [1.29, 1.82) is 0 Å². The summed E-state index contributed by atoms with van der Waals surface area (Å²) in [5.41, 5.74) is 7.13. The minimum atomic E-state index is 0.111. The van der Waals surface area contributed by atoms with Crippen molar-refractivity contribution in [3.63, 3.8) is 0 Å². The second-order valence-corrected chi connectivity index (χ2v) is 5.67. The molecule has 0 unspecified atom stereocenters. The first-order chi connectivity index (χ1) is 7.65. The molecule has 1 aromatic heterocycles. The number of rotatable bonds is 3. The van der Waals surface area contributed by atoms with Gasteiger partial charge < -0.3 is 10.2 Å². The minimum absolute atomic E-state index is 0.111. The third-order valence-corrected chi connectivity index (χ3v) is 3.78. The largest absolute Gasteiger partial charge is 0.461 e. The Morgan fingerprint density at radius 2 is 2.12 bits per heavy atom. The Hall–Kier alpha value is -0.800. The standard InChI is InChI=1S/C13H14BrNO/c14-10-1-2-12-9(7-10)8-11(16-12)3-4-13(15)5-6-13/h1-2,7-8H,3-6,15H2. The molecule has 1 aliphatic rings. The summed E-state index contributed by atoms with van der Waals surface area (Å²) < 4.78 is 6.86. The summed E-state index contributed by atoms with van der Waals surface area (Å²) in [7, 11) is 0. The first kappa shape index (κ1) is 10.4. The lowest BCUT2D eigenvalue weighted by Gasteiger charge is -2.04. The van der Waals surface area contributed by atoms with Gasteiger partial charge in [-0.15, -0.1) is 0 Å². The van der Waals surface area contributed by atoms with Crippen molar-refractivity contribution in [1.82, 2.24) is 0 Å². The second-order valence-electron chi connectivity index (χ2n) is 4.76. The van der Waals surface area contributed by atoms with Crippen LogP contribution in [0.3, 0.4) is 0 Å². The fourth-order valence-corrected chi connectivity index (χ4v) is 2.35. The summed E-state index contributed by atoms with van der Waals surface area (Å²) in [6.45, 7) is 0. The quantitative estimate of drug-likeness (QED) is 0.932. The average molecular weight is 280 g/mol. The van der Waals surface area contributed by atoms with Gasteiger partial charge in [0.2, 0.25) is 0 Å². The van der Waals surface area contributed by atoms with Crippen molar-refractivity contribution in [2.75, 3.05) is 0 Å². The number of hydrogen-bond donors (Lipinski definition) is 1. The smallest absolute Gasteiger partial charge is 0.134 e. The van der Waals surface area contributed by atoms with Gasteiger partial charge in [0.15, 0.2) is 0 Å². The molecular formula is C13H14BrNO. The first-order valence-electron chi connectivity index (χ1n) is 5.62. The Kier molecular flexibility index (Phi) is 2.33. The van der Waals surface area contributed by atoms with Crippen molar-refractivity contribution < 1.29 is 4.42 Å². The summed E-state index contributed by atoms with van der Waals surface area (Å²) >= 11 is 3.46. The van der Waals surface area contributed by atoms with E-state index in [0.29, 0.717) is 0 Å². The molecule has 0 spiro atoms. The topological polar surface area (TPSA) is 39.2 Å². The van der Waals surface area contributed by atoms with Crippen molar-refractivity contribution in [2.45, 2.75) is 31.2 Å². The van der Waals surface area contributed by atoms with Crippen LogP contribution in [0.2, 0.25) is 0 Å². The number of nitrogens with two attached hydrogens (primary N) is 1. The highest BCUT2D eigenvalue weighted by molar-refractivity contribution is 9.10. The molecule has 84 valence electrons. The van der Waals surface area contributed by atoms with Gasteiger partial charge in [0, 0.05) is 21.8 Å². The molecule has 0 bridgehead atoms. The molecule has 1 aromatic carbocycles. The number of hydrogen-bond acceptors (Lipinski definition) is 2. The molecule has 1 heterocycles. The Bertz CT molecular complexity index is 528. The van der Waals surface area contributed by atoms with Gasteiger partial charge in [-0.3, -0.25) is 0 Å². The predicted octanol–water partition coefficient (Wildman–Crippen LogP) is 3.62. The van der Waals surface area contributed by atoms with E-state index in [1.807, 2.05) is 12.1 Å². The fraction of sp³-hybridized carbons (Fsp3) is 0.385. The van der Waals surface area contributed by atoms with Crippen molar-refractivity contribution >= 4 is 26.9 Å². The van der Waals surface area contributed by atoms with Crippen molar-refractivity contribution in [3.05, 3.63) is 34.5 Å². The molecule has 0 atom stereocenters. The molecule has 0 saturated heterocycles. The number of aryl methyl sites for hydroxylation is 1. The number of halogens is 1. The zero-order valence-electron chi connectivity index (χ0n) is 9.00. The fourth-order valence-electron chi connectivity index (χ4n) is 1.98. The van der Waals surface area contributed by atoms with E-state index in [-0.39, 0.29) is 5.54 Å². The predicted molar refractivity (Wildman–Crippen MR) is 68.4 cm³/mol. The number of furan rings is 1. The van der Waals surface area contributed by atoms with Crippen LogP contribution in [0.4, 0.5) is 0 Å². The maximum Gasteiger partial charge on any atom is 0.134 e. The highest BCUT2D eigenvalue weighted by Crippen LogP contribution is 2.37. The Labute approximate surface area is 103 Å². The van der Waals surface area contributed by atoms with Gasteiger partial charge in [-0.25, -0.2) is 0 Å². The van der Waals surface area contributed by atoms with E-state index in [0.717, 1.165) is 34.0 Å². The van der Waals surface area contributed by atoms with Gasteiger partial charge >= 0.3 is 0 Å². The number of benzene rings is 1. The molecule has 0 aliphatic heterocycles. The summed E-state index contributed by atoms with van der Waals surface area (Å²) in [6.07, 6.45) is 4.31. The van der Waals surface area contributed by atoms with Crippen LogP contribution in [0.1, 0.15) is 25.0 Å². The van der Waals surface area contributed by atoms with Crippen LogP contribution in [0.15, 0.2) is 33.2 Å². The van der Waals surface area contributed by atoms with E-state index < -0.39 is 0 Å². The maximum absolute atomic E-state index is 6.06. The van der Waals surface area contributed by atoms with Crippen LogP contribution >= 0.6 is 15.9 Å². The van der Waals surface area contributed by atoms with E-state index >= 15 is 0 Å². The lowest BCUT2D eigenvalue weighted by Crippen LogP contribution is -2.21. The second kappa shape index (κ2) is 3.60. The Balaban J connectivity index is 1.82. The van der Waals surface area contributed by atoms with E-state index in [1.54, 1.807) is 0 Å². The molecular weight excluding hydrogens is 266 g/mol. The van der Waals surface area contributed by atoms with Crippen LogP contribution in [0.5, 0.6) is 0 Å². The maximum atomic E-state index is 6.06. The SMILES string of the molecule is NC1(CCc2cc3cc(Br)ccc3o2)CC1. The molecule has 2 aromatic rings. The summed E-state index contributed by atoms with van der Waals surface area (Å²) in [5, 5.41) is 1.16. The van der Waals surface area contributed by atoms with Gasteiger partial charge in [-0.1, -0.05) is 15.9 Å². The monoisotopic (exact) mass is 279 g/mol. The zero-order chi connectivity index (χ0) is 11.2. The summed E-state index contributed by atoms with van der Waals surface area (Å²) in [6, 6.07) is 8.20. The van der Waals surface area contributed by atoms with Gasteiger partial charge in [-0.05, 0) is 43.5 Å². The third kappa shape index (κ3) is 2.02. The molecule has 0 radical (unpaired) electrons. The minimum Gasteiger partial charge on any atom is -0.461 e. The highest BCUT2D eigenvalue weighted by Gasteiger charge is 2.37. The van der Waals surface area contributed by atoms with Gasteiger partial charge in [0.1, 0.15) is 11.3 Å². The molecule has 1 fully saturated rings. The third-order valence-electron chi connectivity index (χ3n) is 3.29. The molecule has 0 amide bonds. The van der Waals surface area contributed by atoms with Gasteiger partial charge in [-0.2, -0.15) is 0 Å². The normalized spacial score (nSPS) is 17.9. The molecule has 2 nitrogen and oxygen atoms in total. The lowest BCUT2D eigenvalue weighted by atomic mass is 10.1. The van der Waals surface area contributed by atoms with Crippen LogP contribution < -0.4 is 5.73 Å². The molecule has 3 heteroatoms. The molecule has 16 heavy (non-hydrogen) atoms.